The van der Waals surface area contributed by atoms with Gasteiger partial charge in [0.1, 0.15) is 18.1 Å². The summed E-state index contributed by atoms with van der Waals surface area (Å²) in [5.41, 5.74) is 0. The zero-order valence-corrected chi connectivity index (χ0v) is 16.7. The van der Waals surface area contributed by atoms with Crippen LogP contribution in [0.25, 0.3) is 0 Å². The van der Waals surface area contributed by atoms with Crippen molar-refractivity contribution >= 4 is 29.9 Å². The lowest BCUT2D eigenvalue weighted by Gasteiger charge is -2.12. The number of rotatable bonds is 10. The van der Waals surface area contributed by atoms with Gasteiger partial charge in [0.2, 0.25) is 0 Å². The third-order valence-corrected chi connectivity index (χ3v) is 3.54. The van der Waals surface area contributed by atoms with Gasteiger partial charge < -0.3 is 24.8 Å². The van der Waals surface area contributed by atoms with Crippen molar-refractivity contribution in [2.75, 3.05) is 47.1 Å². The van der Waals surface area contributed by atoms with E-state index in [1.54, 1.807) is 14.2 Å². The van der Waals surface area contributed by atoms with Crippen molar-refractivity contribution in [2.24, 2.45) is 10.9 Å². The van der Waals surface area contributed by atoms with Crippen LogP contribution in [0.3, 0.4) is 0 Å². The van der Waals surface area contributed by atoms with Gasteiger partial charge in [0, 0.05) is 20.2 Å². The lowest BCUT2D eigenvalue weighted by Crippen LogP contribution is -2.40. The van der Waals surface area contributed by atoms with Gasteiger partial charge in [-0.1, -0.05) is 0 Å². The number of benzene rings is 1. The number of hydrogen-bond acceptors (Lipinski definition) is 4. The van der Waals surface area contributed by atoms with Gasteiger partial charge in [-0.15, -0.1) is 24.0 Å². The average Bonchev–Trinajstić information content (AvgIpc) is 3.41. The maximum Gasteiger partial charge on any atom is 0.191 e. The Kier molecular flexibility index (Phi) is 10.6. The van der Waals surface area contributed by atoms with Crippen LogP contribution < -0.4 is 20.1 Å². The Bertz CT molecular complexity index is 478. The summed E-state index contributed by atoms with van der Waals surface area (Å²) in [4.78, 5) is 4.17. The minimum Gasteiger partial charge on any atom is -0.497 e. The molecule has 0 saturated heterocycles. The minimum atomic E-state index is 0. The second-order valence-corrected chi connectivity index (χ2v) is 5.47. The van der Waals surface area contributed by atoms with Crippen molar-refractivity contribution in [3.8, 4) is 11.5 Å². The van der Waals surface area contributed by atoms with Crippen LogP contribution in [-0.4, -0.2) is 53.0 Å². The highest BCUT2D eigenvalue weighted by Crippen LogP contribution is 2.28. The zero-order chi connectivity index (χ0) is 16.3. The first-order valence-corrected chi connectivity index (χ1v) is 8.11. The lowest BCUT2D eigenvalue weighted by molar-refractivity contribution is 0.129. The first-order valence-electron chi connectivity index (χ1n) is 8.11. The van der Waals surface area contributed by atoms with E-state index in [1.165, 1.54) is 12.8 Å². The highest BCUT2D eigenvalue weighted by Gasteiger charge is 2.20. The predicted octanol–water partition coefficient (Wildman–Crippen LogP) is 2.28. The Balaban J connectivity index is 0.00000288. The SMILES string of the molecule is CN=C(NCCOCC1CC1)NCCOc1ccc(OC)cc1.I. The van der Waals surface area contributed by atoms with E-state index in [9.17, 15) is 0 Å². The normalized spacial score (nSPS) is 13.8. The zero-order valence-electron chi connectivity index (χ0n) is 14.4. The van der Waals surface area contributed by atoms with Gasteiger partial charge in [0.15, 0.2) is 5.96 Å². The summed E-state index contributed by atoms with van der Waals surface area (Å²) in [6.07, 6.45) is 2.65. The maximum atomic E-state index is 5.65. The molecule has 1 fully saturated rings. The third kappa shape index (κ3) is 8.58. The summed E-state index contributed by atoms with van der Waals surface area (Å²) in [5.74, 6) is 3.22. The van der Waals surface area contributed by atoms with Gasteiger partial charge >= 0.3 is 0 Å². The van der Waals surface area contributed by atoms with Crippen molar-refractivity contribution < 1.29 is 14.2 Å². The molecular weight excluding hydrogens is 421 g/mol. The summed E-state index contributed by atoms with van der Waals surface area (Å²) < 4.78 is 16.3. The number of nitrogens with zero attached hydrogens (tertiary/aromatic N) is 1. The van der Waals surface area contributed by atoms with Crippen LogP contribution >= 0.6 is 24.0 Å². The van der Waals surface area contributed by atoms with E-state index in [4.69, 9.17) is 14.2 Å². The first kappa shape index (κ1) is 20.8. The predicted molar refractivity (Wildman–Crippen MR) is 107 cm³/mol. The molecule has 0 heterocycles. The van der Waals surface area contributed by atoms with Crippen LogP contribution in [-0.2, 0) is 4.74 Å². The molecule has 1 aromatic rings. The van der Waals surface area contributed by atoms with Gasteiger partial charge in [-0.2, -0.15) is 0 Å². The molecule has 7 heteroatoms. The lowest BCUT2D eigenvalue weighted by atomic mass is 10.3. The summed E-state index contributed by atoms with van der Waals surface area (Å²) in [6, 6.07) is 7.54. The monoisotopic (exact) mass is 449 g/mol. The molecule has 0 bridgehead atoms. The molecule has 0 radical (unpaired) electrons. The van der Waals surface area contributed by atoms with Crippen LogP contribution in [0.5, 0.6) is 11.5 Å². The Morgan fingerprint density at radius 2 is 1.71 bits per heavy atom. The van der Waals surface area contributed by atoms with Crippen LogP contribution in [0.1, 0.15) is 12.8 Å². The van der Waals surface area contributed by atoms with E-state index < -0.39 is 0 Å². The van der Waals surface area contributed by atoms with E-state index >= 15 is 0 Å². The van der Waals surface area contributed by atoms with Gasteiger partial charge in [0.25, 0.3) is 0 Å². The molecule has 24 heavy (non-hydrogen) atoms. The van der Waals surface area contributed by atoms with E-state index in [2.05, 4.69) is 15.6 Å². The van der Waals surface area contributed by atoms with Gasteiger partial charge in [0.05, 0.1) is 20.3 Å². The average molecular weight is 449 g/mol. The smallest absolute Gasteiger partial charge is 0.191 e. The largest absolute Gasteiger partial charge is 0.497 e. The van der Waals surface area contributed by atoms with Gasteiger partial charge in [-0.3, -0.25) is 4.99 Å². The molecule has 1 saturated carbocycles. The van der Waals surface area contributed by atoms with Crippen LogP contribution in [0.4, 0.5) is 0 Å². The molecule has 0 spiro atoms. The number of aliphatic imine (C=N–C) groups is 1. The number of hydrogen-bond donors (Lipinski definition) is 2. The topological polar surface area (TPSA) is 64.1 Å². The maximum absolute atomic E-state index is 5.65. The second kappa shape index (κ2) is 12.2. The molecule has 6 nitrogen and oxygen atoms in total. The molecule has 2 rings (SSSR count). The quantitative estimate of drug-likeness (QED) is 0.249. The van der Waals surface area contributed by atoms with Gasteiger partial charge in [-0.05, 0) is 43.0 Å². The fraction of sp³-hybridized carbons (Fsp3) is 0.588. The number of halogens is 1. The summed E-state index contributed by atoms with van der Waals surface area (Å²) >= 11 is 0. The molecule has 1 aliphatic rings. The molecule has 0 atom stereocenters. The Labute approximate surface area is 161 Å². The molecule has 1 aliphatic carbocycles. The molecule has 0 amide bonds. The van der Waals surface area contributed by atoms with E-state index in [0.717, 1.165) is 36.5 Å². The molecule has 0 unspecified atom stereocenters. The Hall–Kier alpha value is -1.22. The number of methoxy groups -OCH3 is 1. The van der Waals surface area contributed by atoms with Crippen molar-refractivity contribution in [2.45, 2.75) is 12.8 Å². The Morgan fingerprint density at radius 3 is 2.29 bits per heavy atom. The molecule has 2 N–H and O–H groups in total. The summed E-state index contributed by atoms with van der Waals surface area (Å²) in [6.45, 7) is 3.59. The highest BCUT2D eigenvalue weighted by molar-refractivity contribution is 14.0. The molecule has 0 aromatic heterocycles. The molecule has 136 valence electrons. The van der Waals surface area contributed by atoms with Crippen molar-refractivity contribution in [3.05, 3.63) is 24.3 Å². The van der Waals surface area contributed by atoms with Crippen molar-refractivity contribution in [1.29, 1.82) is 0 Å². The summed E-state index contributed by atoms with van der Waals surface area (Å²) in [7, 11) is 3.40. The fourth-order valence-corrected chi connectivity index (χ4v) is 2.01. The van der Waals surface area contributed by atoms with Crippen molar-refractivity contribution in [3.63, 3.8) is 0 Å². The van der Waals surface area contributed by atoms with Crippen LogP contribution in [0.2, 0.25) is 0 Å². The van der Waals surface area contributed by atoms with Gasteiger partial charge in [-0.25, -0.2) is 0 Å². The first-order chi connectivity index (χ1) is 11.3. The number of guanidine groups is 1. The fourth-order valence-electron chi connectivity index (χ4n) is 2.01. The highest BCUT2D eigenvalue weighted by atomic mass is 127. The van der Waals surface area contributed by atoms with E-state index in [-0.39, 0.29) is 24.0 Å². The second-order valence-electron chi connectivity index (χ2n) is 5.47. The third-order valence-electron chi connectivity index (χ3n) is 3.54. The van der Waals surface area contributed by atoms with Crippen molar-refractivity contribution in [1.82, 2.24) is 10.6 Å². The standard InChI is InChI=1S/C17H27N3O3.HI/c1-18-17(19-9-11-22-13-14-3-4-14)20-10-12-23-16-7-5-15(21-2)6-8-16;/h5-8,14H,3-4,9-13H2,1-2H3,(H2,18,19,20);1H. The minimum absolute atomic E-state index is 0. The number of ether oxygens (including phenoxy) is 3. The van der Waals surface area contributed by atoms with E-state index in [0.29, 0.717) is 19.8 Å². The molecular formula is C17H28IN3O3. The molecule has 0 aliphatic heterocycles. The van der Waals surface area contributed by atoms with E-state index in [1.807, 2.05) is 24.3 Å². The van der Waals surface area contributed by atoms with Crippen LogP contribution in [0.15, 0.2) is 29.3 Å². The molecule has 1 aromatic carbocycles. The number of nitrogens with one attached hydrogen (secondary N) is 2. The Morgan fingerprint density at radius 1 is 1.08 bits per heavy atom. The summed E-state index contributed by atoms with van der Waals surface area (Å²) in [5, 5.41) is 6.43. The van der Waals surface area contributed by atoms with Crippen LogP contribution in [0, 0.1) is 5.92 Å².